The molecule has 24 heavy (non-hydrogen) atoms. The third-order valence-electron chi connectivity index (χ3n) is 4.55. The van der Waals surface area contributed by atoms with Crippen molar-refractivity contribution in [1.82, 2.24) is 9.88 Å². The molecule has 3 rings (SSSR count). The monoisotopic (exact) mass is 340 g/mol. The van der Waals surface area contributed by atoms with E-state index in [1.165, 1.54) is 5.56 Å². The maximum absolute atomic E-state index is 8.95. The molecule has 1 atom stereocenters. The summed E-state index contributed by atoms with van der Waals surface area (Å²) in [6.07, 6.45) is 2.68. The minimum absolute atomic E-state index is 0.465. The fourth-order valence-electron chi connectivity index (χ4n) is 3.22. The van der Waals surface area contributed by atoms with Gasteiger partial charge in [0.15, 0.2) is 0 Å². The predicted octanol–water partition coefficient (Wildman–Crippen LogP) is 3.71. The summed E-state index contributed by atoms with van der Waals surface area (Å²) < 4.78 is 0. The van der Waals surface area contributed by atoms with Gasteiger partial charge in [0.2, 0.25) is 0 Å². The standard InChI is InChI=1S/C19H21ClN4/c1-2-17-14-24(19-18(20)10-16(11-21)12-22-19)9-8-23(17)13-15-6-4-3-5-7-15/h3-7,10,12,17H,2,8-9,13-14H2,1H3. The molecule has 1 aromatic heterocycles. The van der Waals surface area contributed by atoms with Crippen LogP contribution in [0.5, 0.6) is 0 Å². The average Bonchev–Trinajstić information content (AvgIpc) is 2.63. The Morgan fingerprint density at radius 1 is 1.29 bits per heavy atom. The van der Waals surface area contributed by atoms with E-state index in [0.717, 1.165) is 38.4 Å². The first-order chi connectivity index (χ1) is 11.7. The van der Waals surface area contributed by atoms with Crippen LogP contribution in [-0.2, 0) is 6.54 Å². The molecule has 5 heteroatoms. The lowest BCUT2D eigenvalue weighted by atomic mass is 10.1. The van der Waals surface area contributed by atoms with Crippen LogP contribution in [0.3, 0.4) is 0 Å². The van der Waals surface area contributed by atoms with Gasteiger partial charge in [-0.25, -0.2) is 4.98 Å². The zero-order valence-corrected chi connectivity index (χ0v) is 14.6. The predicted molar refractivity (Wildman–Crippen MR) is 97.1 cm³/mol. The fourth-order valence-corrected chi connectivity index (χ4v) is 3.51. The Labute approximate surface area is 148 Å². The second-order valence-corrected chi connectivity index (χ2v) is 6.51. The van der Waals surface area contributed by atoms with Crippen LogP contribution < -0.4 is 4.90 Å². The third kappa shape index (κ3) is 3.69. The van der Waals surface area contributed by atoms with E-state index in [1.807, 2.05) is 0 Å². The molecule has 1 aliphatic heterocycles. The number of halogens is 1. The van der Waals surface area contributed by atoms with E-state index in [4.69, 9.17) is 16.9 Å². The number of aromatic nitrogens is 1. The summed E-state index contributed by atoms with van der Waals surface area (Å²) in [5, 5.41) is 9.51. The van der Waals surface area contributed by atoms with Crippen LogP contribution in [0.4, 0.5) is 5.82 Å². The average molecular weight is 341 g/mol. The molecule has 1 aromatic carbocycles. The van der Waals surface area contributed by atoms with Gasteiger partial charge in [0.05, 0.1) is 10.6 Å². The van der Waals surface area contributed by atoms with E-state index in [-0.39, 0.29) is 0 Å². The normalized spacial score (nSPS) is 18.4. The number of anilines is 1. The lowest BCUT2D eigenvalue weighted by Gasteiger charge is -2.42. The van der Waals surface area contributed by atoms with Gasteiger partial charge in [-0.15, -0.1) is 0 Å². The number of pyridine rings is 1. The van der Waals surface area contributed by atoms with Gasteiger partial charge in [0.25, 0.3) is 0 Å². The van der Waals surface area contributed by atoms with Crippen LogP contribution in [-0.4, -0.2) is 35.6 Å². The molecular weight excluding hydrogens is 320 g/mol. The first-order valence-corrected chi connectivity index (χ1v) is 8.67. The number of hydrogen-bond acceptors (Lipinski definition) is 4. The molecule has 0 saturated carbocycles. The van der Waals surface area contributed by atoms with E-state index in [2.05, 4.69) is 58.1 Å². The van der Waals surface area contributed by atoms with E-state index >= 15 is 0 Å². The van der Waals surface area contributed by atoms with Crippen LogP contribution in [0.25, 0.3) is 0 Å². The summed E-state index contributed by atoms with van der Waals surface area (Å²) in [7, 11) is 0. The number of hydrogen-bond donors (Lipinski definition) is 0. The van der Waals surface area contributed by atoms with Crippen molar-refractivity contribution in [3.05, 3.63) is 58.7 Å². The Bertz CT molecular complexity index is 726. The third-order valence-corrected chi connectivity index (χ3v) is 4.83. The zero-order valence-electron chi connectivity index (χ0n) is 13.8. The van der Waals surface area contributed by atoms with E-state index in [9.17, 15) is 0 Å². The van der Waals surface area contributed by atoms with Crippen LogP contribution in [0.1, 0.15) is 24.5 Å². The molecular formula is C19H21ClN4. The Morgan fingerprint density at radius 2 is 2.08 bits per heavy atom. The second-order valence-electron chi connectivity index (χ2n) is 6.11. The van der Waals surface area contributed by atoms with E-state index in [0.29, 0.717) is 16.6 Å². The van der Waals surface area contributed by atoms with Crippen molar-refractivity contribution in [2.75, 3.05) is 24.5 Å². The smallest absolute Gasteiger partial charge is 0.147 e. The Balaban J connectivity index is 1.72. The number of benzene rings is 1. The largest absolute Gasteiger partial charge is 0.353 e. The van der Waals surface area contributed by atoms with Gasteiger partial charge >= 0.3 is 0 Å². The minimum Gasteiger partial charge on any atom is -0.353 e. The highest BCUT2D eigenvalue weighted by atomic mass is 35.5. The van der Waals surface area contributed by atoms with Crippen molar-refractivity contribution in [1.29, 1.82) is 5.26 Å². The topological polar surface area (TPSA) is 43.2 Å². The van der Waals surface area contributed by atoms with E-state index < -0.39 is 0 Å². The SMILES string of the molecule is CCC1CN(c2ncc(C#N)cc2Cl)CCN1Cc1ccccc1. The molecule has 0 radical (unpaired) electrons. The molecule has 2 heterocycles. The Kier molecular flexibility index (Phi) is 5.34. The summed E-state index contributed by atoms with van der Waals surface area (Å²) in [4.78, 5) is 9.17. The molecule has 1 unspecified atom stereocenters. The lowest BCUT2D eigenvalue weighted by molar-refractivity contribution is 0.163. The van der Waals surface area contributed by atoms with Crippen molar-refractivity contribution >= 4 is 17.4 Å². The molecule has 124 valence electrons. The fraction of sp³-hybridized carbons (Fsp3) is 0.368. The number of nitrogens with zero attached hydrogens (tertiary/aromatic N) is 4. The summed E-state index contributed by atoms with van der Waals surface area (Å²) in [6, 6.07) is 14.8. The van der Waals surface area contributed by atoms with Crippen molar-refractivity contribution < 1.29 is 0 Å². The van der Waals surface area contributed by atoms with Crippen LogP contribution in [0, 0.1) is 11.3 Å². The number of piperazine rings is 1. The Hall–Kier alpha value is -2.09. The van der Waals surface area contributed by atoms with Gasteiger partial charge in [-0.1, -0.05) is 48.9 Å². The van der Waals surface area contributed by atoms with Crippen molar-refractivity contribution in [2.45, 2.75) is 25.9 Å². The molecule has 0 amide bonds. The molecule has 0 spiro atoms. The highest BCUT2D eigenvalue weighted by Gasteiger charge is 2.27. The molecule has 0 N–H and O–H groups in total. The molecule has 0 bridgehead atoms. The summed E-state index contributed by atoms with van der Waals surface area (Å²) >= 11 is 6.33. The van der Waals surface area contributed by atoms with Gasteiger partial charge < -0.3 is 4.90 Å². The van der Waals surface area contributed by atoms with E-state index in [1.54, 1.807) is 12.3 Å². The van der Waals surface area contributed by atoms with Crippen LogP contribution in [0.2, 0.25) is 5.02 Å². The van der Waals surface area contributed by atoms with Crippen molar-refractivity contribution in [3.63, 3.8) is 0 Å². The van der Waals surface area contributed by atoms with Gasteiger partial charge in [-0.2, -0.15) is 5.26 Å². The van der Waals surface area contributed by atoms with Crippen LogP contribution >= 0.6 is 11.6 Å². The minimum atomic E-state index is 0.465. The molecule has 4 nitrogen and oxygen atoms in total. The first-order valence-electron chi connectivity index (χ1n) is 8.29. The molecule has 1 aliphatic rings. The number of rotatable bonds is 4. The zero-order chi connectivity index (χ0) is 16.9. The summed E-state index contributed by atoms with van der Waals surface area (Å²) in [5.74, 6) is 0.786. The first kappa shape index (κ1) is 16.8. The van der Waals surface area contributed by atoms with Crippen molar-refractivity contribution in [3.8, 4) is 6.07 Å². The Morgan fingerprint density at radius 3 is 2.75 bits per heavy atom. The second kappa shape index (κ2) is 7.65. The molecule has 1 saturated heterocycles. The highest BCUT2D eigenvalue weighted by Crippen LogP contribution is 2.27. The van der Waals surface area contributed by atoms with Gasteiger partial charge in [-0.05, 0) is 18.1 Å². The van der Waals surface area contributed by atoms with Crippen molar-refractivity contribution in [2.24, 2.45) is 0 Å². The lowest BCUT2D eigenvalue weighted by Crippen LogP contribution is -2.52. The maximum Gasteiger partial charge on any atom is 0.147 e. The quantitative estimate of drug-likeness (QED) is 0.851. The van der Waals surface area contributed by atoms with Gasteiger partial charge in [0.1, 0.15) is 11.9 Å². The summed E-state index contributed by atoms with van der Waals surface area (Å²) in [6.45, 7) is 5.97. The molecule has 1 fully saturated rings. The molecule has 2 aromatic rings. The maximum atomic E-state index is 8.95. The molecule has 0 aliphatic carbocycles. The van der Waals surface area contributed by atoms with Gasteiger partial charge in [-0.3, -0.25) is 4.90 Å². The van der Waals surface area contributed by atoms with Gasteiger partial charge in [0, 0.05) is 38.4 Å². The summed E-state index contributed by atoms with van der Waals surface area (Å²) in [5.41, 5.74) is 1.84. The van der Waals surface area contributed by atoms with Crippen LogP contribution in [0.15, 0.2) is 42.6 Å². The number of nitriles is 1. The highest BCUT2D eigenvalue weighted by molar-refractivity contribution is 6.33.